The van der Waals surface area contributed by atoms with Gasteiger partial charge in [-0.05, 0) is 61.9 Å². The van der Waals surface area contributed by atoms with Crippen molar-refractivity contribution in [1.82, 2.24) is 5.32 Å². The van der Waals surface area contributed by atoms with E-state index in [4.69, 9.17) is 4.74 Å². The second-order valence-corrected chi connectivity index (χ2v) is 6.17. The topological polar surface area (TPSA) is 21.3 Å². The molecule has 0 spiro atoms. The summed E-state index contributed by atoms with van der Waals surface area (Å²) in [7, 11) is 0. The molecule has 19 heavy (non-hydrogen) atoms. The minimum Gasteiger partial charge on any atom is -0.490 e. The van der Waals surface area contributed by atoms with Crippen LogP contribution in [-0.4, -0.2) is 19.2 Å². The molecule has 0 saturated heterocycles. The van der Waals surface area contributed by atoms with Gasteiger partial charge in [-0.2, -0.15) is 0 Å². The fraction of sp³-hybridized carbons (Fsp3) is 0.647. The Hall–Kier alpha value is -1.02. The lowest BCUT2D eigenvalue weighted by Crippen LogP contribution is -2.21. The molecule has 0 heterocycles. The van der Waals surface area contributed by atoms with Crippen LogP contribution in [0, 0.1) is 5.92 Å². The van der Waals surface area contributed by atoms with Crippen LogP contribution >= 0.6 is 0 Å². The van der Waals surface area contributed by atoms with E-state index in [1.54, 1.807) is 0 Å². The molecule has 1 aliphatic rings. The van der Waals surface area contributed by atoms with Crippen molar-refractivity contribution in [3.05, 3.63) is 29.8 Å². The first-order valence-electron chi connectivity index (χ1n) is 7.62. The molecule has 0 amide bonds. The lowest BCUT2D eigenvalue weighted by molar-refractivity contribution is 0.303. The fourth-order valence-electron chi connectivity index (χ4n) is 2.13. The Kier molecular flexibility index (Phi) is 5.26. The smallest absolute Gasteiger partial charge is 0.119 e. The van der Waals surface area contributed by atoms with Gasteiger partial charge >= 0.3 is 0 Å². The van der Waals surface area contributed by atoms with Crippen LogP contribution < -0.4 is 10.1 Å². The Morgan fingerprint density at radius 2 is 1.84 bits per heavy atom. The Bertz CT molecular complexity index is 367. The maximum absolute atomic E-state index is 5.77. The van der Waals surface area contributed by atoms with Crippen LogP contribution in [0.25, 0.3) is 0 Å². The molecule has 2 rings (SSSR count). The van der Waals surface area contributed by atoms with Gasteiger partial charge in [-0.3, -0.25) is 0 Å². The van der Waals surface area contributed by atoms with Crippen molar-refractivity contribution in [2.45, 2.75) is 52.1 Å². The maximum atomic E-state index is 5.77. The summed E-state index contributed by atoms with van der Waals surface area (Å²) in [6.07, 6.45) is 4.12. The summed E-state index contributed by atoms with van der Waals surface area (Å²) in [6, 6.07) is 8.66. The quantitative estimate of drug-likeness (QED) is 0.715. The lowest BCUT2D eigenvalue weighted by Gasteiger charge is -2.14. The molecule has 2 nitrogen and oxygen atoms in total. The molecule has 106 valence electrons. The van der Waals surface area contributed by atoms with Crippen LogP contribution in [0.4, 0.5) is 0 Å². The molecule has 1 aromatic carbocycles. The SMILES string of the molecule is CC(C)CNCCC(C)c1ccc(OC2CC2)cc1. The summed E-state index contributed by atoms with van der Waals surface area (Å²) >= 11 is 0. The molecular weight excluding hydrogens is 234 g/mol. The van der Waals surface area contributed by atoms with Crippen molar-refractivity contribution in [2.24, 2.45) is 5.92 Å². The van der Waals surface area contributed by atoms with Gasteiger partial charge < -0.3 is 10.1 Å². The zero-order chi connectivity index (χ0) is 13.7. The number of rotatable bonds is 8. The molecule has 0 aromatic heterocycles. The van der Waals surface area contributed by atoms with Crippen LogP contribution in [0.5, 0.6) is 5.75 Å². The first-order chi connectivity index (χ1) is 9.15. The van der Waals surface area contributed by atoms with Gasteiger partial charge in [0.1, 0.15) is 5.75 Å². The van der Waals surface area contributed by atoms with E-state index >= 15 is 0 Å². The molecule has 0 radical (unpaired) electrons. The van der Waals surface area contributed by atoms with Gasteiger partial charge in [0.2, 0.25) is 0 Å². The average molecular weight is 261 g/mol. The number of hydrogen-bond acceptors (Lipinski definition) is 2. The number of nitrogens with one attached hydrogen (secondary N) is 1. The Balaban J connectivity index is 1.73. The van der Waals surface area contributed by atoms with Gasteiger partial charge in [-0.15, -0.1) is 0 Å². The molecular formula is C17H27NO. The Morgan fingerprint density at radius 1 is 1.16 bits per heavy atom. The van der Waals surface area contributed by atoms with E-state index in [1.807, 2.05) is 0 Å². The Labute approximate surface area is 117 Å². The van der Waals surface area contributed by atoms with Gasteiger partial charge in [-0.25, -0.2) is 0 Å². The third-order valence-electron chi connectivity index (χ3n) is 3.58. The summed E-state index contributed by atoms with van der Waals surface area (Å²) in [5.74, 6) is 2.36. The van der Waals surface area contributed by atoms with Crippen LogP contribution in [0.2, 0.25) is 0 Å². The third-order valence-corrected chi connectivity index (χ3v) is 3.58. The minimum atomic E-state index is 0.489. The molecule has 0 aliphatic heterocycles. The number of ether oxygens (including phenoxy) is 1. The zero-order valence-electron chi connectivity index (χ0n) is 12.5. The van der Waals surface area contributed by atoms with Crippen LogP contribution in [-0.2, 0) is 0 Å². The highest BCUT2D eigenvalue weighted by Gasteiger charge is 2.23. The van der Waals surface area contributed by atoms with Crippen molar-refractivity contribution in [1.29, 1.82) is 0 Å². The van der Waals surface area contributed by atoms with Gasteiger partial charge in [0, 0.05) is 0 Å². The second-order valence-electron chi connectivity index (χ2n) is 6.17. The van der Waals surface area contributed by atoms with E-state index < -0.39 is 0 Å². The van der Waals surface area contributed by atoms with E-state index in [0.717, 1.165) is 24.8 Å². The van der Waals surface area contributed by atoms with Crippen molar-refractivity contribution in [3.8, 4) is 5.75 Å². The molecule has 1 N–H and O–H groups in total. The fourth-order valence-corrected chi connectivity index (χ4v) is 2.13. The molecule has 2 heteroatoms. The molecule has 1 aliphatic carbocycles. The maximum Gasteiger partial charge on any atom is 0.119 e. The largest absolute Gasteiger partial charge is 0.490 e. The van der Waals surface area contributed by atoms with E-state index in [2.05, 4.69) is 50.4 Å². The second kappa shape index (κ2) is 6.95. The highest BCUT2D eigenvalue weighted by atomic mass is 16.5. The molecule has 1 unspecified atom stereocenters. The minimum absolute atomic E-state index is 0.489. The summed E-state index contributed by atoms with van der Waals surface area (Å²) in [5.41, 5.74) is 1.41. The molecule has 1 fully saturated rings. The molecule has 0 bridgehead atoms. The summed E-state index contributed by atoms with van der Waals surface area (Å²) in [6.45, 7) is 9.00. The van der Waals surface area contributed by atoms with E-state index in [-0.39, 0.29) is 0 Å². The first kappa shape index (κ1) is 14.4. The highest BCUT2D eigenvalue weighted by molar-refractivity contribution is 5.29. The van der Waals surface area contributed by atoms with Crippen molar-refractivity contribution in [2.75, 3.05) is 13.1 Å². The van der Waals surface area contributed by atoms with E-state index in [1.165, 1.54) is 24.8 Å². The summed E-state index contributed by atoms with van der Waals surface area (Å²) < 4.78 is 5.77. The van der Waals surface area contributed by atoms with Gasteiger partial charge in [0.25, 0.3) is 0 Å². The number of benzene rings is 1. The highest BCUT2D eigenvalue weighted by Crippen LogP contribution is 2.28. The normalized spacial score (nSPS) is 16.6. The lowest BCUT2D eigenvalue weighted by atomic mass is 9.98. The van der Waals surface area contributed by atoms with Crippen molar-refractivity contribution < 1.29 is 4.74 Å². The zero-order valence-corrected chi connectivity index (χ0v) is 12.5. The summed E-state index contributed by atoms with van der Waals surface area (Å²) in [5, 5.41) is 3.51. The van der Waals surface area contributed by atoms with Crippen LogP contribution in [0.15, 0.2) is 24.3 Å². The van der Waals surface area contributed by atoms with E-state index in [0.29, 0.717) is 12.0 Å². The van der Waals surface area contributed by atoms with Gasteiger partial charge in [-0.1, -0.05) is 32.9 Å². The van der Waals surface area contributed by atoms with Crippen molar-refractivity contribution in [3.63, 3.8) is 0 Å². The number of hydrogen-bond donors (Lipinski definition) is 1. The monoisotopic (exact) mass is 261 g/mol. The van der Waals surface area contributed by atoms with Crippen LogP contribution in [0.1, 0.15) is 51.5 Å². The molecule has 1 atom stereocenters. The standard InChI is InChI=1S/C17H27NO/c1-13(2)12-18-11-10-14(3)15-4-6-16(7-5-15)19-17-8-9-17/h4-7,13-14,17-18H,8-12H2,1-3H3. The third kappa shape index (κ3) is 5.23. The average Bonchev–Trinajstić information content (AvgIpc) is 3.19. The van der Waals surface area contributed by atoms with Gasteiger partial charge in [0.15, 0.2) is 0 Å². The predicted molar refractivity (Wildman–Crippen MR) is 80.8 cm³/mol. The first-order valence-corrected chi connectivity index (χ1v) is 7.62. The van der Waals surface area contributed by atoms with Crippen LogP contribution in [0.3, 0.4) is 0 Å². The summed E-state index contributed by atoms with van der Waals surface area (Å²) in [4.78, 5) is 0. The van der Waals surface area contributed by atoms with Gasteiger partial charge in [0.05, 0.1) is 6.10 Å². The molecule has 1 saturated carbocycles. The van der Waals surface area contributed by atoms with Crippen molar-refractivity contribution >= 4 is 0 Å². The van der Waals surface area contributed by atoms with E-state index in [9.17, 15) is 0 Å². The Morgan fingerprint density at radius 3 is 2.42 bits per heavy atom. The predicted octanol–water partition coefficient (Wildman–Crippen LogP) is 3.97. The molecule has 1 aromatic rings.